The molecule has 1 rings (SSSR count). The van der Waals surface area contributed by atoms with Crippen molar-refractivity contribution in [2.75, 3.05) is 7.11 Å². The van der Waals surface area contributed by atoms with Crippen LogP contribution in [0.3, 0.4) is 0 Å². The van der Waals surface area contributed by atoms with E-state index in [0.29, 0.717) is 0 Å². The van der Waals surface area contributed by atoms with Crippen LogP contribution >= 0.6 is 0 Å². The van der Waals surface area contributed by atoms with Crippen LogP contribution in [-0.2, 0) is 28.7 Å². The third-order valence-electron chi connectivity index (χ3n) is 5.02. The van der Waals surface area contributed by atoms with Crippen LogP contribution in [0, 0.1) is 23.7 Å². The average Bonchev–Trinajstić information content (AvgIpc) is 2.59. The number of carbonyl (C=O) groups is 4. The molecule has 1 aliphatic heterocycles. The molecule has 1 aliphatic rings. The minimum absolute atomic E-state index is 0.0120. The van der Waals surface area contributed by atoms with Crippen molar-refractivity contribution >= 4 is 23.8 Å². The van der Waals surface area contributed by atoms with Gasteiger partial charge < -0.3 is 20.1 Å². The zero-order valence-corrected chi connectivity index (χ0v) is 17.2. The van der Waals surface area contributed by atoms with Crippen molar-refractivity contribution in [3.8, 4) is 0 Å². The summed E-state index contributed by atoms with van der Waals surface area (Å²) < 4.78 is 9.74. The molecule has 2 amide bonds. The highest BCUT2D eigenvalue weighted by atomic mass is 16.6. The van der Waals surface area contributed by atoms with Crippen molar-refractivity contribution in [2.24, 2.45) is 23.7 Å². The summed E-state index contributed by atoms with van der Waals surface area (Å²) in [6, 6.07) is -1.67. The van der Waals surface area contributed by atoms with E-state index in [2.05, 4.69) is 10.6 Å². The van der Waals surface area contributed by atoms with E-state index in [0.717, 1.165) is 6.42 Å². The second-order valence-corrected chi connectivity index (χ2v) is 7.75. The molecule has 0 aromatic carbocycles. The number of hydrogen-bond acceptors (Lipinski definition) is 6. The Balaban J connectivity index is 2.84. The summed E-state index contributed by atoms with van der Waals surface area (Å²) in [4.78, 5) is 48.8. The van der Waals surface area contributed by atoms with E-state index >= 15 is 0 Å². The third kappa shape index (κ3) is 5.43. The van der Waals surface area contributed by atoms with Crippen molar-refractivity contribution in [1.82, 2.24) is 10.6 Å². The first kappa shape index (κ1) is 22.9. The number of hydrogen-bond donors (Lipinski definition) is 2. The lowest BCUT2D eigenvalue weighted by molar-refractivity contribution is -0.193. The van der Waals surface area contributed by atoms with Gasteiger partial charge in [0.25, 0.3) is 5.91 Å². The fourth-order valence-electron chi connectivity index (χ4n) is 2.97. The molecule has 0 unspecified atom stereocenters. The van der Waals surface area contributed by atoms with Gasteiger partial charge in [0.05, 0.1) is 7.11 Å². The van der Waals surface area contributed by atoms with Crippen molar-refractivity contribution < 1.29 is 28.7 Å². The van der Waals surface area contributed by atoms with Gasteiger partial charge in [0.2, 0.25) is 5.91 Å². The number of esters is 2. The molecular weight excluding hydrogens is 352 g/mol. The highest BCUT2D eigenvalue weighted by molar-refractivity contribution is 5.97. The van der Waals surface area contributed by atoms with E-state index in [1.807, 2.05) is 13.8 Å². The molecule has 0 aromatic heterocycles. The van der Waals surface area contributed by atoms with Gasteiger partial charge in [-0.1, -0.05) is 48.0 Å². The van der Waals surface area contributed by atoms with Crippen LogP contribution in [0.15, 0.2) is 0 Å². The van der Waals surface area contributed by atoms with Crippen LogP contribution in [-0.4, -0.2) is 49.1 Å². The largest absolute Gasteiger partial charge is 0.467 e. The van der Waals surface area contributed by atoms with Crippen LogP contribution in [0.25, 0.3) is 0 Å². The van der Waals surface area contributed by atoms with Crippen molar-refractivity contribution in [3.63, 3.8) is 0 Å². The minimum atomic E-state index is -0.886. The van der Waals surface area contributed by atoms with E-state index in [1.54, 1.807) is 27.7 Å². The summed E-state index contributed by atoms with van der Waals surface area (Å²) in [5.41, 5.74) is 0. The molecule has 8 nitrogen and oxygen atoms in total. The normalized spacial score (nSPS) is 22.3. The van der Waals surface area contributed by atoms with Crippen molar-refractivity contribution in [2.45, 2.75) is 66.2 Å². The van der Waals surface area contributed by atoms with Gasteiger partial charge in [0.1, 0.15) is 18.0 Å². The molecule has 2 N–H and O–H groups in total. The first-order chi connectivity index (χ1) is 12.5. The van der Waals surface area contributed by atoms with Crippen LogP contribution < -0.4 is 10.6 Å². The van der Waals surface area contributed by atoms with E-state index in [9.17, 15) is 19.2 Å². The Kier molecular flexibility index (Phi) is 8.24. The van der Waals surface area contributed by atoms with Gasteiger partial charge in [-0.15, -0.1) is 0 Å². The summed E-state index contributed by atoms with van der Waals surface area (Å²) in [6.07, 6.45) is -0.143. The third-order valence-corrected chi connectivity index (χ3v) is 5.02. The molecule has 27 heavy (non-hydrogen) atoms. The Morgan fingerprint density at radius 2 is 1.59 bits per heavy atom. The van der Waals surface area contributed by atoms with Gasteiger partial charge in [-0.05, 0) is 17.8 Å². The maximum absolute atomic E-state index is 12.7. The van der Waals surface area contributed by atoms with Crippen LogP contribution in [0.5, 0.6) is 0 Å². The van der Waals surface area contributed by atoms with E-state index in [4.69, 9.17) is 9.47 Å². The molecule has 1 saturated heterocycles. The lowest BCUT2D eigenvalue weighted by atomic mass is 9.82. The Labute approximate surface area is 160 Å². The summed E-state index contributed by atoms with van der Waals surface area (Å²) >= 11 is 0. The number of rotatable bonds is 9. The maximum Gasteiger partial charge on any atom is 0.328 e. The number of amides is 2. The molecule has 0 aromatic rings. The predicted molar refractivity (Wildman–Crippen MR) is 98.4 cm³/mol. The zero-order chi connectivity index (χ0) is 20.9. The molecule has 0 saturated carbocycles. The van der Waals surface area contributed by atoms with Gasteiger partial charge in [0.15, 0.2) is 6.10 Å². The topological polar surface area (TPSA) is 111 Å². The number of nitrogens with one attached hydrogen (secondary N) is 2. The fraction of sp³-hybridized carbons (Fsp3) is 0.789. The number of cyclic esters (lactones) is 1. The van der Waals surface area contributed by atoms with E-state index in [1.165, 1.54) is 7.11 Å². The van der Waals surface area contributed by atoms with Gasteiger partial charge in [-0.25, -0.2) is 4.79 Å². The highest BCUT2D eigenvalue weighted by Gasteiger charge is 2.50. The summed E-state index contributed by atoms with van der Waals surface area (Å²) in [7, 11) is 1.26. The second-order valence-electron chi connectivity index (χ2n) is 7.75. The predicted octanol–water partition coefficient (Wildman–Crippen LogP) is 1.03. The number of methoxy groups -OCH3 is 1. The van der Waals surface area contributed by atoms with Crippen molar-refractivity contribution in [1.29, 1.82) is 0 Å². The first-order valence-corrected chi connectivity index (χ1v) is 9.44. The molecule has 1 heterocycles. The van der Waals surface area contributed by atoms with Crippen LogP contribution in [0.4, 0.5) is 0 Å². The molecular formula is C19H32N2O6. The minimum Gasteiger partial charge on any atom is -0.467 e. The molecule has 0 aliphatic carbocycles. The molecule has 1 fully saturated rings. The Hall–Kier alpha value is -2.12. The fourth-order valence-corrected chi connectivity index (χ4v) is 2.97. The number of ether oxygens (including phenoxy) is 2. The SMILES string of the molecule is CC[C@H](C)[C@@H]1C(=O)O[C@H]1C(=O)N[C@H](C(=O)N[C@H](C(=O)OC)C(C)C)C(C)C. The Morgan fingerprint density at radius 1 is 1.04 bits per heavy atom. The first-order valence-electron chi connectivity index (χ1n) is 9.44. The van der Waals surface area contributed by atoms with E-state index in [-0.39, 0.29) is 23.7 Å². The summed E-state index contributed by atoms with van der Waals surface area (Å²) in [5, 5.41) is 5.32. The Bertz CT molecular complexity index is 575. The van der Waals surface area contributed by atoms with Gasteiger partial charge in [0, 0.05) is 0 Å². The molecule has 5 atom stereocenters. The lowest BCUT2D eigenvalue weighted by Gasteiger charge is -2.38. The monoisotopic (exact) mass is 384 g/mol. The van der Waals surface area contributed by atoms with Crippen LogP contribution in [0.2, 0.25) is 0 Å². The molecule has 0 bridgehead atoms. The molecule has 8 heteroatoms. The zero-order valence-electron chi connectivity index (χ0n) is 17.2. The van der Waals surface area contributed by atoms with Gasteiger partial charge in [-0.2, -0.15) is 0 Å². The lowest BCUT2D eigenvalue weighted by Crippen LogP contribution is -2.61. The van der Waals surface area contributed by atoms with Gasteiger partial charge >= 0.3 is 11.9 Å². The molecule has 0 radical (unpaired) electrons. The Morgan fingerprint density at radius 3 is 2.00 bits per heavy atom. The summed E-state index contributed by atoms with van der Waals surface area (Å²) in [5.74, 6) is -2.79. The summed E-state index contributed by atoms with van der Waals surface area (Å²) in [6.45, 7) is 11.0. The quantitative estimate of drug-likeness (QED) is 0.575. The number of carbonyl (C=O) groups excluding carboxylic acids is 4. The standard InChI is InChI=1S/C19H32N2O6/c1-8-11(6)12-15(27-18(12)24)17(23)20-13(9(2)3)16(22)21-14(10(4)5)19(25)26-7/h9-15H,8H2,1-7H3,(H,20,23)(H,21,22)/t11-,12-,13-,14-,15+/m0/s1. The smallest absolute Gasteiger partial charge is 0.328 e. The van der Waals surface area contributed by atoms with E-state index < -0.39 is 41.9 Å². The van der Waals surface area contributed by atoms with Crippen LogP contribution in [0.1, 0.15) is 48.0 Å². The maximum atomic E-state index is 12.7. The second kappa shape index (κ2) is 9.71. The van der Waals surface area contributed by atoms with Gasteiger partial charge in [-0.3, -0.25) is 14.4 Å². The molecule has 154 valence electrons. The highest BCUT2D eigenvalue weighted by Crippen LogP contribution is 2.31. The molecule has 0 spiro atoms. The average molecular weight is 384 g/mol. The van der Waals surface area contributed by atoms with Crippen molar-refractivity contribution in [3.05, 3.63) is 0 Å².